The highest BCUT2D eigenvalue weighted by Gasteiger charge is 2.15. The van der Waals surface area contributed by atoms with Crippen LogP contribution in [0.15, 0.2) is 23.5 Å². The van der Waals surface area contributed by atoms with Crippen LogP contribution in [-0.4, -0.2) is 42.0 Å². The van der Waals surface area contributed by atoms with Crippen molar-refractivity contribution in [3.05, 3.63) is 29.6 Å². The molecule has 20 heavy (non-hydrogen) atoms. The van der Waals surface area contributed by atoms with Crippen LogP contribution in [0.3, 0.4) is 0 Å². The van der Waals surface area contributed by atoms with Crippen molar-refractivity contribution >= 4 is 29.9 Å². The molecule has 1 aromatic heterocycles. The molecule has 0 atom stereocenters. The first-order valence-corrected chi connectivity index (χ1v) is 7.24. The Morgan fingerprint density at radius 2 is 2.15 bits per heavy atom. The van der Waals surface area contributed by atoms with Crippen molar-refractivity contribution in [1.29, 1.82) is 0 Å². The molecule has 0 aromatic carbocycles. The summed E-state index contributed by atoms with van der Waals surface area (Å²) >= 11 is 0. The molecule has 1 saturated heterocycles. The molecule has 1 aromatic rings. The van der Waals surface area contributed by atoms with E-state index in [0.29, 0.717) is 0 Å². The second kappa shape index (κ2) is 9.15. The van der Waals surface area contributed by atoms with Crippen LogP contribution in [0.2, 0.25) is 0 Å². The van der Waals surface area contributed by atoms with Gasteiger partial charge in [0.2, 0.25) is 0 Å². The fourth-order valence-electron chi connectivity index (χ4n) is 2.42. The van der Waals surface area contributed by atoms with E-state index in [4.69, 9.17) is 4.99 Å². The Bertz CT molecular complexity index is 428. The first-order chi connectivity index (χ1) is 9.31. The van der Waals surface area contributed by atoms with E-state index >= 15 is 0 Å². The van der Waals surface area contributed by atoms with Crippen molar-refractivity contribution < 1.29 is 0 Å². The van der Waals surface area contributed by atoms with Gasteiger partial charge >= 0.3 is 0 Å². The number of nitrogens with zero attached hydrogens (tertiary/aromatic N) is 3. The molecule has 0 aliphatic carbocycles. The summed E-state index contributed by atoms with van der Waals surface area (Å²) in [5.41, 5.74) is 2.60. The lowest BCUT2D eigenvalue weighted by molar-refractivity contribution is 0.494. The zero-order valence-electron chi connectivity index (χ0n) is 12.4. The number of pyridine rings is 1. The summed E-state index contributed by atoms with van der Waals surface area (Å²) in [5, 5.41) is 3.39. The van der Waals surface area contributed by atoms with Crippen LogP contribution in [0.4, 0.5) is 0 Å². The lowest BCUT2D eigenvalue weighted by atomic mass is 10.1. The number of aliphatic imine (C=N–C) groups is 1. The normalized spacial score (nSPS) is 15.1. The average molecular weight is 388 g/mol. The lowest BCUT2D eigenvalue weighted by Gasteiger charge is -2.20. The Kier molecular flexibility index (Phi) is 7.87. The van der Waals surface area contributed by atoms with Crippen LogP contribution < -0.4 is 5.32 Å². The molecule has 1 aliphatic rings. The molecule has 1 fully saturated rings. The predicted octanol–water partition coefficient (Wildman–Crippen LogP) is 2.61. The molecule has 2 heterocycles. The van der Waals surface area contributed by atoms with Crippen molar-refractivity contribution in [2.75, 3.05) is 26.2 Å². The molecular weight excluding hydrogens is 363 g/mol. The fourth-order valence-corrected chi connectivity index (χ4v) is 2.42. The maximum atomic E-state index is 4.74. The Hall–Kier alpha value is -0.850. The van der Waals surface area contributed by atoms with Crippen molar-refractivity contribution in [2.24, 2.45) is 4.99 Å². The Labute approximate surface area is 139 Å². The lowest BCUT2D eigenvalue weighted by Crippen LogP contribution is -2.39. The van der Waals surface area contributed by atoms with E-state index in [1.54, 1.807) is 0 Å². The van der Waals surface area contributed by atoms with Crippen LogP contribution in [0.1, 0.15) is 30.9 Å². The van der Waals surface area contributed by atoms with Gasteiger partial charge in [-0.2, -0.15) is 0 Å². The Balaban J connectivity index is 0.00000200. The Morgan fingerprint density at radius 1 is 1.40 bits per heavy atom. The van der Waals surface area contributed by atoms with Crippen LogP contribution in [0.5, 0.6) is 0 Å². The zero-order valence-corrected chi connectivity index (χ0v) is 14.8. The molecule has 0 radical (unpaired) electrons. The fraction of sp³-hybridized carbons (Fsp3) is 0.600. The molecule has 2 rings (SSSR count). The minimum absolute atomic E-state index is 0. The summed E-state index contributed by atoms with van der Waals surface area (Å²) in [6.45, 7) is 8.28. The third kappa shape index (κ3) is 4.92. The highest BCUT2D eigenvalue weighted by Crippen LogP contribution is 2.09. The van der Waals surface area contributed by atoms with Crippen molar-refractivity contribution in [2.45, 2.75) is 33.1 Å². The van der Waals surface area contributed by atoms with E-state index in [-0.39, 0.29) is 24.0 Å². The molecule has 112 valence electrons. The zero-order chi connectivity index (χ0) is 13.5. The first-order valence-electron chi connectivity index (χ1n) is 7.24. The summed E-state index contributed by atoms with van der Waals surface area (Å²) < 4.78 is 0. The standard InChI is InChI=1S/C15H24N4.HI/c1-3-17-15(19-10-4-5-11-19)18-9-7-14-6-8-16-12-13(14)2;/h6,8,12H,3-5,7,9-11H2,1-2H3,(H,17,18);1H. The number of aromatic nitrogens is 1. The highest BCUT2D eigenvalue weighted by atomic mass is 127. The van der Waals surface area contributed by atoms with Gasteiger partial charge < -0.3 is 10.2 Å². The smallest absolute Gasteiger partial charge is 0.193 e. The number of hydrogen-bond acceptors (Lipinski definition) is 2. The number of aryl methyl sites for hydroxylation is 1. The van der Waals surface area contributed by atoms with Crippen LogP contribution in [0, 0.1) is 6.92 Å². The third-order valence-corrected chi connectivity index (χ3v) is 3.52. The molecule has 5 heteroatoms. The molecule has 0 amide bonds. The molecule has 0 bridgehead atoms. The van der Waals surface area contributed by atoms with E-state index in [9.17, 15) is 0 Å². The molecule has 1 N–H and O–H groups in total. The summed E-state index contributed by atoms with van der Waals surface area (Å²) in [6, 6.07) is 2.09. The number of nitrogens with one attached hydrogen (secondary N) is 1. The van der Waals surface area contributed by atoms with Gasteiger partial charge in [0, 0.05) is 38.6 Å². The van der Waals surface area contributed by atoms with Gasteiger partial charge in [-0.25, -0.2) is 0 Å². The maximum Gasteiger partial charge on any atom is 0.193 e. The third-order valence-electron chi connectivity index (χ3n) is 3.52. The largest absolute Gasteiger partial charge is 0.357 e. The number of rotatable bonds is 4. The summed E-state index contributed by atoms with van der Waals surface area (Å²) in [7, 11) is 0. The van der Waals surface area contributed by atoms with Crippen LogP contribution in [-0.2, 0) is 6.42 Å². The molecule has 0 unspecified atom stereocenters. The van der Waals surface area contributed by atoms with Crippen molar-refractivity contribution in [1.82, 2.24) is 15.2 Å². The topological polar surface area (TPSA) is 40.5 Å². The van der Waals surface area contributed by atoms with Gasteiger partial charge in [0.1, 0.15) is 0 Å². The maximum absolute atomic E-state index is 4.74. The van der Waals surface area contributed by atoms with Gasteiger partial charge in [0.15, 0.2) is 5.96 Å². The van der Waals surface area contributed by atoms with Crippen molar-refractivity contribution in [3.63, 3.8) is 0 Å². The second-order valence-corrected chi connectivity index (χ2v) is 4.98. The minimum Gasteiger partial charge on any atom is -0.357 e. The molecule has 4 nitrogen and oxygen atoms in total. The van der Waals surface area contributed by atoms with Gasteiger partial charge in [-0.1, -0.05) is 0 Å². The molecule has 0 spiro atoms. The van der Waals surface area contributed by atoms with Crippen molar-refractivity contribution in [3.8, 4) is 0 Å². The molecule has 1 aliphatic heterocycles. The quantitative estimate of drug-likeness (QED) is 0.490. The van der Waals surface area contributed by atoms with Gasteiger partial charge in [-0.3, -0.25) is 9.98 Å². The van der Waals surface area contributed by atoms with E-state index in [0.717, 1.165) is 38.6 Å². The molecule has 0 saturated carbocycles. The van der Waals surface area contributed by atoms with Gasteiger partial charge in [0.05, 0.1) is 0 Å². The number of likely N-dealkylation sites (tertiary alicyclic amines) is 1. The average Bonchev–Trinajstić information content (AvgIpc) is 2.94. The van der Waals surface area contributed by atoms with E-state index < -0.39 is 0 Å². The molecular formula is C15H25IN4. The number of guanidine groups is 1. The van der Waals surface area contributed by atoms with Crippen LogP contribution >= 0.6 is 24.0 Å². The minimum atomic E-state index is 0. The number of hydrogen-bond donors (Lipinski definition) is 1. The first kappa shape index (κ1) is 17.2. The van der Waals surface area contributed by atoms with E-state index in [1.807, 2.05) is 12.4 Å². The van der Waals surface area contributed by atoms with Gasteiger partial charge in [0.25, 0.3) is 0 Å². The second-order valence-electron chi connectivity index (χ2n) is 4.98. The number of halogens is 1. The monoisotopic (exact) mass is 388 g/mol. The highest BCUT2D eigenvalue weighted by molar-refractivity contribution is 14.0. The summed E-state index contributed by atoms with van der Waals surface area (Å²) in [6.07, 6.45) is 7.33. The van der Waals surface area contributed by atoms with E-state index in [2.05, 4.69) is 35.1 Å². The van der Waals surface area contributed by atoms with Gasteiger partial charge in [-0.05, 0) is 50.3 Å². The Morgan fingerprint density at radius 3 is 2.80 bits per heavy atom. The van der Waals surface area contributed by atoms with Crippen LogP contribution in [0.25, 0.3) is 0 Å². The SMILES string of the molecule is CCNC(=NCCc1ccncc1C)N1CCCC1.I. The van der Waals surface area contributed by atoms with Gasteiger partial charge in [-0.15, -0.1) is 24.0 Å². The summed E-state index contributed by atoms with van der Waals surface area (Å²) in [4.78, 5) is 11.2. The predicted molar refractivity (Wildman–Crippen MR) is 94.9 cm³/mol. The summed E-state index contributed by atoms with van der Waals surface area (Å²) in [5.74, 6) is 1.08. The van der Waals surface area contributed by atoms with E-state index in [1.165, 1.54) is 24.0 Å².